The molecule has 2 aromatic heterocycles. The number of hydrogen-bond donors (Lipinski definition) is 2. The van der Waals surface area contributed by atoms with E-state index in [-0.39, 0.29) is 48.9 Å². The molecule has 0 atom stereocenters. The molecule has 1 aliphatic carbocycles. The molecule has 1 aromatic carbocycles. The third-order valence-corrected chi connectivity index (χ3v) is 6.50. The molecule has 4 rings (SSSR count). The lowest BCUT2D eigenvalue weighted by atomic mass is 10.1. The van der Waals surface area contributed by atoms with Crippen LogP contribution in [0.1, 0.15) is 64.4 Å². The number of ether oxygens (including phenoxy) is 3. The van der Waals surface area contributed by atoms with Gasteiger partial charge in [-0.25, -0.2) is 19.2 Å². The molecule has 1 aliphatic rings. The maximum absolute atomic E-state index is 13.6. The van der Waals surface area contributed by atoms with Gasteiger partial charge in [-0.1, -0.05) is 13.0 Å². The number of aryl methyl sites for hydroxylation is 2. The lowest BCUT2D eigenvalue weighted by Crippen LogP contribution is -2.31. The minimum atomic E-state index is -0.965. The number of benzene rings is 1. The molecule has 3 amide bonds. The van der Waals surface area contributed by atoms with Gasteiger partial charge in [-0.2, -0.15) is 5.10 Å². The molecule has 0 saturated heterocycles. The van der Waals surface area contributed by atoms with Crippen LogP contribution in [-0.2, 0) is 23.8 Å². The Morgan fingerprint density at radius 2 is 1.93 bits per heavy atom. The third kappa shape index (κ3) is 7.00. The van der Waals surface area contributed by atoms with Crippen molar-refractivity contribution >= 4 is 47.4 Å². The van der Waals surface area contributed by atoms with Crippen molar-refractivity contribution < 1.29 is 38.2 Å². The highest BCUT2D eigenvalue weighted by atomic mass is 16.7. The Bertz CT molecular complexity index is 1500. The summed E-state index contributed by atoms with van der Waals surface area (Å²) in [4.78, 5) is 67.0. The van der Waals surface area contributed by atoms with Crippen LogP contribution in [-0.4, -0.2) is 70.9 Å². The van der Waals surface area contributed by atoms with E-state index >= 15 is 0 Å². The van der Waals surface area contributed by atoms with Gasteiger partial charge < -0.3 is 24.8 Å². The van der Waals surface area contributed by atoms with Crippen molar-refractivity contribution in [3.05, 3.63) is 53.0 Å². The molecule has 0 aliphatic heterocycles. The smallest absolute Gasteiger partial charge is 0.423 e. The summed E-state index contributed by atoms with van der Waals surface area (Å²) in [7, 11) is 0. The second-order valence-corrected chi connectivity index (χ2v) is 9.65. The predicted molar refractivity (Wildman–Crippen MR) is 148 cm³/mol. The van der Waals surface area contributed by atoms with E-state index in [1.165, 1.54) is 10.8 Å². The van der Waals surface area contributed by atoms with Crippen molar-refractivity contribution in [2.24, 2.45) is 0 Å². The maximum atomic E-state index is 13.6. The fourth-order valence-corrected chi connectivity index (χ4v) is 4.13. The highest BCUT2D eigenvalue weighted by Crippen LogP contribution is 2.34. The Hall–Kier alpha value is -5.01. The Morgan fingerprint density at radius 3 is 2.64 bits per heavy atom. The van der Waals surface area contributed by atoms with E-state index in [9.17, 15) is 24.0 Å². The van der Waals surface area contributed by atoms with Crippen LogP contribution in [0.15, 0.2) is 30.7 Å². The zero-order valence-corrected chi connectivity index (χ0v) is 23.5. The average Bonchev–Trinajstić information content (AvgIpc) is 3.72. The lowest BCUT2D eigenvalue weighted by Gasteiger charge is -2.24. The van der Waals surface area contributed by atoms with E-state index in [1.807, 2.05) is 6.92 Å². The largest absolute Gasteiger partial charge is 0.467 e. The number of amides is 3. The second-order valence-electron chi connectivity index (χ2n) is 9.65. The molecule has 14 heteroatoms. The van der Waals surface area contributed by atoms with Gasteiger partial charge in [0.05, 0.1) is 17.7 Å². The van der Waals surface area contributed by atoms with Crippen molar-refractivity contribution in [3.63, 3.8) is 0 Å². The summed E-state index contributed by atoms with van der Waals surface area (Å²) in [6, 6.07) is 5.01. The summed E-state index contributed by atoms with van der Waals surface area (Å²) < 4.78 is 16.2. The van der Waals surface area contributed by atoms with Gasteiger partial charge >= 0.3 is 12.1 Å². The van der Waals surface area contributed by atoms with Gasteiger partial charge in [0.2, 0.25) is 6.79 Å². The van der Waals surface area contributed by atoms with Gasteiger partial charge in [0.1, 0.15) is 18.5 Å². The molecule has 2 N–H and O–H groups in total. The van der Waals surface area contributed by atoms with E-state index in [0.717, 1.165) is 24.2 Å². The van der Waals surface area contributed by atoms with E-state index in [2.05, 4.69) is 25.5 Å². The predicted octanol–water partition coefficient (Wildman–Crippen LogP) is 2.72. The first-order valence-electron chi connectivity index (χ1n) is 13.5. The van der Waals surface area contributed by atoms with E-state index < -0.39 is 18.9 Å². The van der Waals surface area contributed by atoms with Crippen LogP contribution in [0, 0.1) is 13.8 Å². The molecule has 222 valence electrons. The van der Waals surface area contributed by atoms with Crippen molar-refractivity contribution in [1.29, 1.82) is 0 Å². The molecule has 1 saturated carbocycles. The number of nitrogens with one attached hydrogen (secondary N) is 2. The number of hydrogen-bond acceptors (Lipinski definition) is 10. The van der Waals surface area contributed by atoms with Gasteiger partial charge in [-0.15, -0.1) is 0 Å². The highest BCUT2D eigenvalue weighted by molar-refractivity contribution is 6.05. The number of fused-ring (bicyclic) bond motifs is 1. The first kappa shape index (κ1) is 30.0. The summed E-state index contributed by atoms with van der Waals surface area (Å²) in [6.45, 7) is 5.17. The third-order valence-electron chi connectivity index (χ3n) is 6.50. The molecule has 0 spiro atoms. The first-order valence-corrected chi connectivity index (χ1v) is 13.5. The van der Waals surface area contributed by atoms with Crippen LogP contribution in [0.3, 0.4) is 0 Å². The normalized spacial score (nSPS) is 12.4. The molecule has 0 radical (unpaired) electrons. The first-order chi connectivity index (χ1) is 20.2. The van der Waals surface area contributed by atoms with Crippen molar-refractivity contribution in [2.75, 3.05) is 24.8 Å². The molecular formula is C28H32N6O8. The van der Waals surface area contributed by atoms with Crippen molar-refractivity contribution in [3.8, 4) is 0 Å². The second kappa shape index (κ2) is 13.6. The van der Waals surface area contributed by atoms with Gasteiger partial charge in [-0.05, 0) is 56.4 Å². The molecule has 2 heterocycles. The van der Waals surface area contributed by atoms with Gasteiger partial charge in [-0.3, -0.25) is 19.2 Å². The Balaban J connectivity index is 1.72. The number of rotatable bonds is 13. The Kier molecular flexibility index (Phi) is 9.68. The number of aromatic nitrogens is 3. The zero-order valence-electron chi connectivity index (χ0n) is 23.5. The summed E-state index contributed by atoms with van der Waals surface area (Å²) >= 11 is 0. The molecule has 14 nitrogen and oxygen atoms in total. The molecule has 3 aromatic rings. The number of carbonyl (C=O) groups is 5. The van der Waals surface area contributed by atoms with Crippen LogP contribution in [0.2, 0.25) is 0 Å². The van der Waals surface area contributed by atoms with Crippen LogP contribution in [0.4, 0.5) is 16.3 Å². The van der Waals surface area contributed by atoms with Crippen LogP contribution < -0.4 is 15.5 Å². The maximum Gasteiger partial charge on any atom is 0.423 e. The van der Waals surface area contributed by atoms with Crippen LogP contribution in [0.5, 0.6) is 0 Å². The fourth-order valence-electron chi connectivity index (χ4n) is 4.13. The van der Waals surface area contributed by atoms with E-state index in [0.29, 0.717) is 34.3 Å². The summed E-state index contributed by atoms with van der Waals surface area (Å²) in [6.07, 6.45) is 4.14. The summed E-state index contributed by atoms with van der Waals surface area (Å²) in [5, 5.41) is 9.99. The number of esters is 1. The van der Waals surface area contributed by atoms with Crippen molar-refractivity contribution in [1.82, 2.24) is 25.2 Å². The number of carbonyl (C=O) groups excluding carboxylic acids is 5. The topological polar surface area (TPSA) is 171 Å². The van der Waals surface area contributed by atoms with Crippen LogP contribution in [0.25, 0.3) is 5.52 Å². The molecule has 1 fully saturated rings. The Labute approximate surface area is 241 Å². The average molecular weight is 581 g/mol. The standard InChI is InChI=1S/C28H32N6O8/c1-4-10-29-27(38)21-13-33-24(18(21)3)25(30-14-31-33)34(28(39)42-16-41-23(36)9-11-40-15-35)22-12-19(6-5-17(22)2)26(37)32-20-7-8-20/h5-6,12-15,20H,4,7-11,16H2,1-3H3,(H,29,38)(H,32,37). The molecule has 42 heavy (non-hydrogen) atoms. The highest BCUT2D eigenvalue weighted by Gasteiger charge is 2.30. The SMILES string of the molecule is CCCNC(=O)c1cn2ncnc(N(C(=O)OCOC(=O)CCOC=O)c3cc(C(=O)NC4CC4)ccc3C)c2c1C. The van der Waals surface area contributed by atoms with Crippen molar-refractivity contribution in [2.45, 2.75) is 52.5 Å². The van der Waals surface area contributed by atoms with Gasteiger partial charge in [0, 0.05) is 24.3 Å². The minimum Gasteiger partial charge on any atom is -0.467 e. The minimum absolute atomic E-state index is 0.0793. The summed E-state index contributed by atoms with van der Waals surface area (Å²) in [5.74, 6) is -1.27. The van der Waals surface area contributed by atoms with Crippen LogP contribution >= 0.6 is 0 Å². The molecule has 0 bridgehead atoms. The Morgan fingerprint density at radius 1 is 1.14 bits per heavy atom. The summed E-state index contributed by atoms with van der Waals surface area (Å²) in [5.41, 5.74) is 2.43. The quantitative estimate of drug-likeness (QED) is 0.133. The van der Waals surface area contributed by atoms with E-state index in [1.54, 1.807) is 38.2 Å². The van der Waals surface area contributed by atoms with Gasteiger partial charge in [0.15, 0.2) is 5.82 Å². The lowest BCUT2D eigenvalue weighted by molar-refractivity contribution is -0.153. The zero-order chi connectivity index (χ0) is 30.2. The van der Waals surface area contributed by atoms with E-state index in [4.69, 9.17) is 9.47 Å². The van der Waals surface area contributed by atoms with Gasteiger partial charge in [0.25, 0.3) is 18.3 Å². The fraction of sp³-hybridized carbons (Fsp3) is 0.393. The molecular weight excluding hydrogens is 548 g/mol. The number of anilines is 2. The number of nitrogens with zero attached hydrogens (tertiary/aromatic N) is 4. The molecule has 0 unspecified atom stereocenters. The monoisotopic (exact) mass is 580 g/mol.